The first-order chi connectivity index (χ1) is 30.6. The first-order valence-electron chi connectivity index (χ1n) is 25.1. The third kappa shape index (κ3) is 43.5. The van der Waals surface area contributed by atoms with Crippen LogP contribution in [-0.4, -0.2) is 80.6 Å². The lowest BCUT2D eigenvalue weighted by Gasteiger charge is -2.31. The molecular formula is C55H94NO7+. The summed E-state index contributed by atoms with van der Waals surface area (Å²) in [7, 11) is 5.51. The zero-order valence-corrected chi connectivity index (χ0v) is 41.0. The highest BCUT2D eigenvalue weighted by Crippen LogP contribution is 2.14. The van der Waals surface area contributed by atoms with E-state index in [4.69, 9.17) is 14.2 Å². The zero-order chi connectivity index (χ0) is 46.3. The molecule has 0 aromatic heterocycles. The lowest BCUT2D eigenvalue weighted by Crippen LogP contribution is -2.50. The number of nitrogens with zero attached hydrogens (tertiary/aromatic N) is 1. The fraction of sp³-hybridized carbons (Fsp3) is 0.691. The topological polar surface area (TPSA) is 99.1 Å². The summed E-state index contributed by atoms with van der Waals surface area (Å²) in [5, 5.41) is 9.65. The molecule has 63 heavy (non-hydrogen) atoms. The van der Waals surface area contributed by atoms with E-state index in [1.165, 1.54) is 83.5 Å². The molecule has 0 rings (SSSR count). The smallest absolute Gasteiger partial charge is 0.362 e. The zero-order valence-electron chi connectivity index (χ0n) is 41.0. The van der Waals surface area contributed by atoms with Crippen LogP contribution in [0, 0.1) is 0 Å². The summed E-state index contributed by atoms with van der Waals surface area (Å²) >= 11 is 0. The number of unbranched alkanes of at least 4 members (excludes halogenated alkanes) is 16. The van der Waals surface area contributed by atoms with Crippen molar-refractivity contribution in [2.45, 2.75) is 206 Å². The quantitative estimate of drug-likeness (QED) is 0.0282. The van der Waals surface area contributed by atoms with E-state index in [-0.39, 0.29) is 42.7 Å². The fourth-order valence-electron chi connectivity index (χ4n) is 6.92. The molecule has 0 aromatic rings. The molecule has 0 saturated heterocycles. The van der Waals surface area contributed by atoms with E-state index < -0.39 is 18.1 Å². The number of hydrogen-bond acceptors (Lipinski definition) is 6. The van der Waals surface area contributed by atoms with Gasteiger partial charge in [-0.15, -0.1) is 0 Å². The number of esters is 2. The number of carbonyl (C=O) groups is 3. The number of rotatable bonds is 44. The van der Waals surface area contributed by atoms with Gasteiger partial charge >= 0.3 is 17.9 Å². The van der Waals surface area contributed by atoms with E-state index in [0.717, 1.165) is 70.6 Å². The Bertz CT molecular complexity index is 1300. The van der Waals surface area contributed by atoms with Crippen molar-refractivity contribution in [3.8, 4) is 0 Å². The maximum absolute atomic E-state index is 12.8. The van der Waals surface area contributed by atoms with Crippen LogP contribution in [0.15, 0.2) is 85.1 Å². The van der Waals surface area contributed by atoms with Crippen molar-refractivity contribution in [3.63, 3.8) is 0 Å². The predicted octanol–water partition coefficient (Wildman–Crippen LogP) is 14.5. The van der Waals surface area contributed by atoms with Crippen LogP contribution in [0.5, 0.6) is 0 Å². The van der Waals surface area contributed by atoms with Gasteiger partial charge in [0.05, 0.1) is 34.4 Å². The minimum Gasteiger partial charge on any atom is -0.477 e. The van der Waals surface area contributed by atoms with Crippen LogP contribution in [0.25, 0.3) is 0 Å². The van der Waals surface area contributed by atoms with Crippen LogP contribution >= 0.6 is 0 Å². The summed E-state index contributed by atoms with van der Waals surface area (Å²) in [6.45, 7) is 4.56. The van der Waals surface area contributed by atoms with Crippen molar-refractivity contribution >= 4 is 17.9 Å². The molecule has 0 heterocycles. The molecule has 360 valence electrons. The normalized spacial score (nSPS) is 13.6. The lowest BCUT2D eigenvalue weighted by molar-refractivity contribution is -0.887. The lowest BCUT2D eigenvalue weighted by atomic mass is 10.1. The molecule has 8 heteroatoms. The fourth-order valence-corrected chi connectivity index (χ4v) is 6.92. The molecule has 0 fully saturated rings. The third-order valence-corrected chi connectivity index (χ3v) is 10.8. The molecule has 0 aliphatic heterocycles. The number of carbonyl (C=O) groups excluding carboxylic acids is 2. The average molecular weight is 881 g/mol. The summed E-state index contributed by atoms with van der Waals surface area (Å²) in [5.41, 5.74) is 0. The number of ether oxygens (including phenoxy) is 3. The largest absolute Gasteiger partial charge is 0.477 e. The van der Waals surface area contributed by atoms with Gasteiger partial charge in [-0.2, -0.15) is 0 Å². The highest BCUT2D eigenvalue weighted by atomic mass is 16.6. The van der Waals surface area contributed by atoms with Crippen LogP contribution in [0.4, 0.5) is 0 Å². The highest BCUT2D eigenvalue weighted by molar-refractivity contribution is 5.72. The van der Waals surface area contributed by atoms with Gasteiger partial charge in [0.15, 0.2) is 12.1 Å². The molecule has 0 saturated carbocycles. The molecule has 0 bridgehead atoms. The minimum absolute atomic E-state index is 0.0351. The van der Waals surface area contributed by atoms with Crippen LogP contribution in [-0.2, 0) is 28.6 Å². The Balaban J connectivity index is 4.34. The Morgan fingerprint density at radius 1 is 0.492 bits per heavy atom. The number of hydrogen-bond donors (Lipinski definition) is 1. The highest BCUT2D eigenvalue weighted by Gasteiger charge is 2.31. The van der Waals surface area contributed by atoms with E-state index in [0.29, 0.717) is 19.3 Å². The Labute approximate surface area is 386 Å². The summed E-state index contributed by atoms with van der Waals surface area (Å²) in [5.74, 6) is -1.55. The van der Waals surface area contributed by atoms with Gasteiger partial charge in [0.1, 0.15) is 6.61 Å². The number of quaternary nitrogens is 1. The molecule has 0 spiro atoms. The second-order valence-corrected chi connectivity index (χ2v) is 17.7. The molecule has 0 aliphatic rings. The Hall–Kier alpha value is -3.49. The van der Waals surface area contributed by atoms with Crippen LogP contribution < -0.4 is 0 Å². The van der Waals surface area contributed by atoms with Gasteiger partial charge in [0.25, 0.3) is 0 Å². The van der Waals surface area contributed by atoms with Crippen LogP contribution in [0.1, 0.15) is 194 Å². The van der Waals surface area contributed by atoms with Gasteiger partial charge in [-0.3, -0.25) is 9.59 Å². The molecule has 0 aliphatic carbocycles. The van der Waals surface area contributed by atoms with E-state index in [1.807, 2.05) is 21.1 Å². The van der Waals surface area contributed by atoms with Gasteiger partial charge in [0, 0.05) is 19.3 Å². The number of carboxylic acid groups (broad SMARTS) is 1. The van der Waals surface area contributed by atoms with E-state index in [2.05, 4.69) is 98.9 Å². The SMILES string of the molecule is CC/C=C/C/C=C/C/C=C/C/C=C/CCCCCCCCCCCC(=O)OCC(COCCC(C(=O)O)[N+](C)(C)C)OC(=O)CCC/C=C/C/C=C/C/C=C/CCCCCCCC. The standard InChI is InChI=1S/C55H93NO7/c1-6-8-10-12-14-16-18-20-22-24-25-26-27-28-30-31-33-35-37-39-41-43-45-53(57)62-50-51(49-61-48-47-52(55(59)60)56(3,4)5)63-54(58)46-44-42-40-38-36-34-32-29-23-21-19-17-15-13-11-9-7-2/h8,10,14,16,20-23,25-26,32,34,38,40,51-52H,6-7,9,11-13,15,17-19,24,27-31,33,35-37,39,41-50H2,1-5H3/p+1/b10-8+,16-14+,22-20+,23-21+,26-25+,34-32+,40-38+. The van der Waals surface area contributed by atoms with Crippen molar-refractivity contribution in [1.29, 1.82) is 0 Å². The van der Waals surface area contributed by atoms with E-state index >= 15 is 0 Å². The van der Waals surface area contributed by atoms with E-state index in [1.54, 1.807) is 0 Å². The van der Waals surface area contributed by atoms with Crippen LogP contribution in [0.2, 0.25) is 0 Å². The van der Waals surface area contributed by atoms with E-state index in [9.17, 15) is 19.5 Å². The van der Waals surface area contributed by atoms with Crippen molar-refractivity contribution in [3.05, 3.63) is 85.1 Å². The van der Waals surface area contributed by atoms with Gasteiger partial charge in [-0.25, -0.2) is 4.79 Å². The van der Waals surface area contributed by atoms with Crippen LogP contribution in [0.3, 0.4) is 0 Å². The number of allylic oxidation sites excluding steroid dienone is 14. The maximum Gasteiger partial charge on any atom is 0.362 e. The summed E-state index contributed by atoms with van der Waals surface area (Å²) < 4.78 is 17.3. The molecule has 0 amide bonds. The molecular weight excluding hydrogens is 787 g/mol. The second kappa shape index (κ2) is 45.1. The first-order valence-corrected chi connectivity index (χ1v) is 25.1. The molecule has 2 unspecified atom stereocenters. The number of likely N-dealkylation sites (N-methyl/N-ethyl adjacent to an activating group) is 1. The van der Waals surface area contributed by atoms with Gasteiger partial charge in [-0.05, 0) is 83.5 Å². The average Bonchev–Trinajstić information content (AvgIpc) is 3.24. The van der Waals surface area contributed by atoms with Gasteiger partial charge < -0.3 is 23.8 Å². The second-order valence-electron chi connectivity index (χ2n) is 17.7. The first kappa shape index (κ1) is 59.5. The monoisotopic (exact) mass is 881 g/mol. The van der Waals surface area contributed by atoms with Crippen molar-refractivity contribution in [2.24, 2.45) is 0 Å². The minimum atomic E-state index is -0.886. The Morgan fingerprint density at radius 3 is 1.37 bits per heavy atom. The predicted molar refractivity (Wildman–Crippen MR) is 266 cm³/mol. The van der Waals surface area contributed by atoms with Gasteiger partial charge in [-0.1, -0.05) is 176 Å². The van der Waals surface area contributed by atoms with Crippen molar-refractivity contribution in [2.75, 3.05) is 41.0 Å². The molecule has 2 atom stereocenters. The Morgan fingerprint density at radius 2 is 0.905 bits per heavy atom. The van der Waals surface area contributed by atoms with Crippen molar-refractivity contribution < 1.29 is 38.2 Å². The number of aliphatic carboxylic acids is 1. The molecule has 0 radical (unpaired) electrons. The summed E-state index contributed by atoms with van der Waals surface area (Å²) in [6.07, 6.45) is 59.2. The molecule has 8 nitrogen and oxygen atoms in total. The summed E-state index contributed by atoms with van der Waals surface area (Å²) in [6, 6.07) is -0.629. The maximum atomic E-state index is 12.8. The summed E-state index contributed by atoms with van der Waals surface area (Å²) in [4.78, 5) is 37.1. The number of carboxylic acids is 1. The molecule has 1 N–H and O–H groups in total. The molecule has 0 aromatic carbocycles. The Kier molecular flexibility index (Phi) is 42.6. The third-order valence-electron chi connectivity index (χ3n) is 10.8. The van der Waals surface area contributed by atoms with Crippen molar-refractivity contribution in [1.82, 2.24) is 0 Å². The van der Waals surface area contributed by atoms with Gasteiger partial charge in [0.2, 0.25) is 0 Å².